The van der Waals surface area contributed by atoms with E-state index >= 15 is 0 Å². The van der Waals surface area contributed by atoms with Crippen molar-refractivity contribution >= 4 is 33.9 Å². The molecular formula is C14H19N3OS. The second kappa shape index (κ2) is 5.57. The summed E-state index contributed by atoms with van der Waals surface area (Å²) >= 11 is 5.48. The van der Waals surface area contributed by atoms with Crippen LogP contribution in [0.5, 0.6) is 0 Å². The maximum Gasteiger partial charge on any atom is 0.173 e. The Morgan fingerprint density at radius 3 is 2.58 bits per heavy atom. The average Bonchev–Trinajstić information content (AvgIpc) is 2.74. The van der Waals surface area contributed by atoms with Crippen molar-refractivity contribution in [1.29, 1.82) is 0 Å². The summed E-state index contributed by atoms with van der Waals surface area (Å²) < 4.78 is 4.93. The van der Waals surface area contributed by atoms with Crippen LogP contribution in [-0.2, 0) is 0 Å². The highest BCUT2D eigenvalue weighted by Crippen LogP contribution is 2.18. The minimum absolute atomic E-state index is 0.357. The largest absolute Gasteiger partial charge is 0.364 e. The molecule has 0 saturated heterocycles. The highest BCUT2D eigenvalue weighted by Gasteiger charge is 2.16. The molecule has 0 radical (unpaired) electrons. The van der Waals surface area contributed by atoms with Crippen molar-refractivity contribution < 1.29 is 4.52 Å². The summed E-state index contributed by atoms with van der Waals surface area (Å²) in [5, 5.41) is 8.91. The summed E-state index contributed by atoms with van der Waals surface area (Å²) in [4.78, 5) is 2.17. The fraction of sp³-hybridized carbons (Fsp3) is 0.429. The van der Waals surface area contributed by atoms with Crippen molar-refractivity contribution in [3.05, 3.63) is 24.5 Å². The van der Waals surface area contributed by atoms with Crippen LogP contribution in [0.3, 0.4) is 0 Å². The molecule has 1 aromatic heterocycles. The zero-order valence-electron chi connectivity index (χ0n) is 11.7. The fourth-order valence-electron chi connectivity index (χ4n) is 2.19. The van der Waals surface area contributed by atoms with Crippen LogP contribution in [0.25, 0.3) is 10.9 Å². The molecule has 19 heavy (non-hydrogen) atoms. The van der Waals surface area contributed by atoms with Crippen LogP contribution < -0.4 is 5.32 Å². The predicted octanol–water partition coefficient (Wildman–Crippen LogP) is 3.64. The van der Waals surface area contributed by atoms with Crippen LogP contribution in [0, 0.1) is 0 Å². The minimum Gasteiger partial charge on any atom is -0.364 e. The first-order chi connectivity index (χ1) is 8.99. The second-order valence-corrected chi connectivity index (χ2v) is 5.50. The van der Waals surface area contributed by atoms with Crippen molar-refractivity contribution in [2.24, 2.45) is 0 Å². The Labute approximate surface area is 118 Å². The highest BCUT2D eigenvalue weighted by atomic mass is 32.1. The van der Waals surface area contributed by atoms with Gasteiger partial charge >= 0.3 is 0 Å². The van der Waals surface area contributed by atoms with Crippen LogP contribution in [0.2, 0.25) is 0 Å². The molecule has 2 aromatic rings. The number of hydrogen-bond acceptors (Lipinski definition) is 3. The van der Waals surface area contributed by atoms with Gasteiger partial charge in [-0.3, -0.25) is 0 Å². The van der Waals surface area contributed by atoms with Gasteiger partial charge in [-0.2, -0.15) is 0 Å². The number of aromatic nitrogens is 1. The Morgan fingerprint density at radius 2 is 1.95 bits per heavy atom. The summed E-state index contributed by atoms with van der Waals surface area (Å²) in [5.74, 6) is 0. The van der Waals surface area contributed by atoms with Crippen molar-refractivity contribution in [2.75, 3.05) is 5.32 Å². The molecule has 0 unspecified atom stereocenters. The van der Waals surface area contributed by atoms with Gasteiger partial charge in [0.25, 0.3) is 0 Å². The third-order valence-electron chi connectivity index (χ3n) is 2.96. The molecule has 0 spiro atoms. The van der Waals surface area contributed by atoms with E-state index < -0.39 is 0 Å². The molecule has 0 aliphatic heterocycles. The standard InChI is InChI=1S/C14H19N3OS/c1-9(2)17(10(3)4)14(19)15-12-6-5-11-8-18-16-13(11)7-12/h5-10H,1-4H3,(H,15,19). The van der Waals surface area contributed by atoms with Gasteiger partial charge in [0.15, 0.2) is 5.11 Å². The van der Waals surface area contributed by atoms with Crippen LogP contribution in [0.15, 0.2) is 29.0 Å². The van der Waals surface area contributed by atoms with Crippen LogP contribution in [-0.4, -0.2) is 27.3 Å². The summed E-state index contributed by atoms with van der Waals surface area (Å²) in [6.07, 6.45) is 1.63. The van der Waals surface area contributed by atoms with Gasteiger partial charge < -0.3 is 14.7 Å². The third-order valence-corrected chi connectivity index (χ3v) is 3.27. The van der Waals surface area contributed by atoms with E-state index in [9.17, 15) is 0 Å². The molecule has 0 amide bonds. The van der Waals surface area contributed by atoms with Crippen molar-refractivity contribution in [2.45, 2.75) is 39.8 Å². The molecule has 0 aliphatic carbocycles. The lowest BCUT2D eigenvalue weighted by Crippen LogP contribution is -2.44. The van der Waals surface area contributed by atoms with Crippen molar-refractivity contribution in [1.82, 2.24) is 10.1 Å². The molecule has 1 heterocycles. The summed E-state index contributed by atoms with van der Waals surface area (Å²) in [5.41, 5.74) is 1.76. The minimum atomic E-state index is 0.357. The molecular weight excluding hydrogens is 258 g/mol. The highest BCUT2D eigenvalue weighted by molar-refractivity contribution is 7.80. The van der Waals surface area contributed by atoms with Crippen LogP contribution in [0.4, 0.5) is 5.69 Å². The van der Waals surface area contributed by atoms with E-state index in [2.05, 4.69) is 43.1 Å². The Balaban J connectivity index is 2.17. The number of thiocarbonyl (C=S) groups is 1. The predicted molar refractivity (Wildman–Crippen MR) is 82.3 cm³/mol. The number of benzene rings is 1. The van der Waals surface area contributed by atoms with Gasteiger partial charge in [0.05, 0.1) is 0 Å². The quantitative estimate of drug-likeness (QED) is 0.867. The molecule has 1 aromatic carbocycles. The summed E-state index contributed by atoms with van der Waals surface area (Å²) in [6, 6.07) is 6.59. The molecule has 5 heteroatoms. The third kappa shape index (κ3) is 3.04. The normalized spacial score (nSPS) is 11.3. The zero-order valence-corrected chi connectivity index (χ0v) is 12.5. The van der Waals surface area contributed by atoms with Gasteiger partial charge in [0.2, 0.25) is 0 Å². The van der Waals surface area contributed by atoms with Crippen molar-refractivity contribution in [3.8, 4) is 0 Å². The monoisotopic (exact) mass is 277 g/mol. The number of rotatable bonds is 3. The lowest BCUT2D eigenvalue weighted by molar-refractivity contribution is 0.296. The molecule has 4 nitrogen and oxygen atoms in total. The molecule has 0 aliphatic rings. The van der Waals surface area contributed by atoms with Crippen molar-refractivity contribution in [3.63, 3.8) is 0 Å². The topological polar surface area (TPSA) is 41.3 Å². The van der Waals surface area contributed by atoms with Crippen LogP contribution in [0.1, 0.15) is 27.7 Å². The average molecular weight is 277 g/mol. The maximum atomic E-state index is 5.48. The summed E-state index contributed by atoms with van der Waals surface area (Å²) in [6.45, 7) is 8.53. The SMILES string of the molecule is CC(C)N(C(=S)Nc1ccc2conc2c1)C(C)C. The first kappa shape index (κ1) is 13.8. The second-order valence-electron chi connectivity index (χ2n) is 5.11. The molecule has 0 bridgehead atoms. The van der Waals surface area contributed by atoms with E-state index in [1.807, 2.05) is 18.2 Å². The van der Waals surface area contributed by atoms with E-state index in [0.717, 1.165) is 21.7 Å². The maximum absolute atomic E-state index is 5.48. The van der Waals surface area contributed by atoms with Gasteiger partial charge in [-0.15, -0.1) is 0 Å². The van der Waals surface area contributed by atoms with Gasteiger partial charge in [-0.1, -0.05) is 5.16 Å². The Morgan fingerprint density at radius 1 is 1.26 bits per heavy atom. The Kier molecular flexibility index (Phi) is 4.04. The van der Waals surface area contributed by atoms with Crippen LogP contribution >= 0.6 is 12.2 Å². The molecule has 2 rings (SSSR count). The number of nitrogens with one attached hydrogen (secondary N) is 1. The first-order valence-electron chi connectivity index (χ1n) is 6.42. The van der Waals surface area contributed by atoms with E-state index in [1.165, 1.54) is 0 Å². The van der Waals surface area contributed by atoms with E-state index in [4.69, 9.17) is 16.7 Å². The molecule has 102 valence electrons. The smallest absolute Gasteiger partial charge is 0.173 e. The zero-order chi connectivity index (χ0) is 14.0. The lowest BCUT2D eigenvalue weighted by Gasteiger charge is -2.33. The Hall–Kier alpha value is -1.62. The molecule has 1 N–H and O–H groups in total. The Bertz CT molecular complexity index is 569. The van der Waals surface area contributed by atoms with E-state index in [1.54, 1.807) is 6.26 Å². The summed E-state index contributed by atoms with van der Waals surface area (Å²) in [7, 11) is 0. The van der Waals surface area contributed by atoms with Gasteiger partial charge in [0.1, 0.15) is 11.8 Å². The van der Waals surface area contributed by atoms with Gasteiger partial charge in [0, 0.05) is 23.2 Å². The number of nitrogens with zero attached hydrogens (tertiary/aromatic N) is 2. The number of fused-ring (bicyclic) bond motifs is 1. The first-order valence-corrected chi connectivity index (χ1v) is 6.83. The fourth-order valence-corrected chi connectivity index (χ4v) is 2.73. The lowest BCUT2D eigenvalue weighted by atomic mass is 10.2. The van der Waals surface area contributed by atoms with Gasteiger partial charge in [-0.05, 0) is 58.1 Å². The number of hydrogen-bond donors (Lipinski definition) is 1. The molecule has 0 fully saturated rings. The molecule has 0 saturated carbocycles. The number of anilines is 1. The van der Waals surface area contributed by atoms with E-state index in [0.29, 0.717) is 12.1 Å². The molecule has 0 atom stereocenters. The van der Waals surface area contributed by atoms with E-state index in [-0.39, 0.29) is 0 Å². The van der Waals surface area contributed by atoms with Gasteiger partial charge in [-0.25, -0.2) is 0 Å².